The third-order valence-corrected chi connectivity index (χ3v) is 21.3. The van der Waals surface area contributed by atoms with Crippen molar-refractivity contribution in [2.75, 3.05) is 0 Å². The van der Waals surface area contributed by atoms with Crippen LogP contribution in [0.4, 0.5) is 0 Å². The first-order valence-electron chi connectivity index (χ1n) is 35.5. The Morgan fingerprint density at radius 2 is 0.433 bits per heavy atom. The summed E-state index contributed by atoms with van der Waals surface area (Å²) in [4.78, 5) is 0. The summed E-state index contributed by atoms with van der Waals surface area (Å²) in [6.45, 7) is 0. The van der Waals surface area contributed by atoms with Crippen molar-refractivity contribution >= 4 is 130 Å². The molecule has 0 N–H and O–H groups in total. The van der Waals surface area contributed by atoms with Gasteiger partial charge in [-0.3, -0.25) is 0 Å². The highest BCUT2D eigenvalue weighted by Crippen LogP contribution is 2.54. The number of fused-ring (bicyclic) bond motifs is 14. The monoisotopic (exact) mass is 1320 g/mol. The molecule has 0 amide bonds. The van der Waals surface area contributed by atoms with E-state index in [0.29, 0.717) is 0 Å². The highest BCUT2D eigenvalue weighted by molar-refractivity contribution is 6.28. The summed E-state index contributed by atoms with van der Waals surface area (Å²) >= 11 is 0. The molecule has 0 fully saturated rings. The van der Waals surface area contributed by atoms with E-state index in [1.54, 1.807) is 0 Å². The molecule has 4 heterocycles. The molecule has 22 aromatic rings. The molecule has 0 aliphatic rings. The van der Waals surface area contributed by atoms with Crippen molar-refractivity contribution < 1.29 is 17.7 Å². The average Bonchev–Trinajstić information content (AvgIpc) is 1.33. The van der Waals surface area contributed by atoms with Gasteiger partial charge < -0.3 is 17.7 Å². The first kappa shape index (κ1) is 59.1. The lowest BCUT2D eigenvalue weighted by molar-refractivity contribution is 0.632. The molecule has 0 aliphatic heterocycles. The van der Waals surface area contributed by atoms with Gasteiger partial charge in [0, 0.05) is 65.7 Å². The Morgan fingerprint density at radius 3 is 0.798 bits per heavy atom. The smallest absolute Gasteiger partial charge is 0.144 e. The van der Waals surface area contributed by atoms with Gasteiger partial charge in [0.1, 0.15) is 45.4 Å². The van der Waals surface area contributed by atoms with Crippen LogP contribution in [0.15, 0.2) is 382 Å². The van der Waals surface area contributed by atoms with Crippen LogP contribution in [0.25, 0.3) is 220 Å². The van der Waals surface area contributed by atoms with Crippen molar-refractivity contribution in [3.63, 3.8) is 0 Å². The zero-order chi connectivity index (χ0) is 68.3. The Bertz CT molecular complexity index is 6770. The second-order valence-corrected chi connectivity index (χ2v) is 27.2. The fourth-order valence-corrected chi connectivity index (χ4v) is 16.5. The number of rotatable bonds is 8. The van der Waals surface area contributed by atoms with E-state index in [9.17, 15) is 0 Å². The molecule has 22 rings (SSSR count). The lowest BCUT2D eigenvalue weighted by Crippen LogP contribution is -1.92. The molecule has 4 heteroatoms. The van der Waals surface area contributed by atoms with Gasteiger partial charge in [-0.05, 0) is 169 Å². The van der Waals surface area contributed by atoms with Crippen LogP contribution in [0.5, 0.6) is 0 Å². The third kappa shape index (κ3) is 9.61. The molecule has 0 aliphatic carbocycles. The van der Waals surface area contributed by atoms with Crippen LogP contribution in [-0.4, -0.2) is 0 Å². The number of hydrogen-bond donors (Lipinski definition) is 0. The van der Waals surface area contributed by atoms with Gasteiger partial charge in [0.05, 0.1) is 0 Å². The minimum absolute atomic E-state index is 0.850. The Morgan fingerprint density at radius 1 is 0.144 bits per heavy atom. The van der Waals surface area contributed by atoms with Gasteiger partial charge in [-0.2, -0.15) is 0 Å². The molecular formula is C100H60O4. The van der Waals surface area contributed by atoms with Crippen molar-refractivity contribution in [3.05, 3.63) is 364 Å². The van der Waals surface area contributed by atoms with Gasteiger partial charge in [0.25, 0.3) is 0 Å². The maximum atomic E-state index is 7.18. The summed E-state index contributed by atoms with van der Waals surface area (Å²) in [5.41, 5.74) is 16.9. The minimum Gasteiger partial charge on any atom is -0.455 e. The largest absolute Gasteiger partial charge is 0.455 e. The molecule has 18 aromatic carbocycles. The van der Waals surface area contributed by atoms with Crippen molar-refractivity contribution in [3.8, 4) is 89.8 Å². The van der Waals surface area contributed by atoms with E-state index in [1.807, 2.05) is 0 Å². The van der Waals surface area contributed by atoms with Crippen LogP contribution in [0.3, 0.4) is 0 Å². The normalized spacial score (nSPS) is 11.8. The van der Waals surface area contributed by atoms with Gasteiger partial charge in [-0.25, -0.2) is 0 Å². The van der Waals surface area contributed by atoms with E-state index >= 15 is 0 Å². The summed E-state index contributed by atoms with van der Waals surface area (Å²) in [6, 6.07) is 130. The summed E-state index contributed by atoms with van der Waals surface area (Å²) < 4.78 is 28.0. The van der Waals surface area contributed by atoms with Crippen molar-refractivity contribution in [1.29, 1.82) is 0 Å². The van der Waals surface area contributed by atoms with Crippen molar-refractivity contribution in [1.82, 2.24) is 0 Å². The third-order valence-electron chi connectivity index (χ3n) is 21.3. The average molecular weight is 1330 g/mol. The molecule has 484 valence electrons. The van der Waals surface area contributed by atoms with Crippen LogP contribution in [0, 0.1) is 0 Å². The predicted molar refractivity (Wildman–Crippen MR) is 436 cm³/mol. The SMILES string of the molecule is c1ccc(-c2ccc3oc(-c4c5ccccc5c(-c5oc6ccc(-c7ccccc7)cc6c5-c5ccccc5)c5cc6ccccc6cc45)c(-c4ccccc4)c3c2)cc1.c1ccc2cc3c(-c4cc5ccc6ccccc6c5o4)c4ccccc4c(-c4cc5ccc6ccccc6c5o4)c3cc2c1. The van der Waals surface area contributed by atoms with Gasteiger partial charge in [-0.15, -0.1) is 0 Å². The molecule has 0 bridgehead atoms. The molecule has 0 spiro atoms. The van der Waals surface area contributed by atoms with Gasteiger partial charge >= 0.3 is 0 Å². The molecule has 0 radical (unpaired) electrons. The first-order chi connectivity index (χ1) is 51.6. The molecule has 0 unspecified atom stereocenters. The lowest BCUT2D eigenvalue weighted by atomic mass is 9.85. The maximum Gasteiger partial charge on any atom is 0.144 e. The van der Waals surface area contributed by atoms with Crippen molar-refractivity contribution in [2.45, 2.75) is 0 Å². The fourth-order valence-electron chi connectivity index (χ4n) is 16.5. The van der Waals surface area contributed by atoms with Crippen LogP contribution >= 0.6 is 0 Å². The summed E-state index contributed by atoms with van der Waals surface area (Å²) in [7, 11) is 0. The van der Waals surface area contributed by atoms with Gasteiger partial charge in [0.15, 0.2) is 0 Å². The lowest BCUT2D eigenvalue weighted by Gasteiger charge is -2.18. The molecule has 4 nitrogen and oxygen atoms in total. The number of furan rings is 4. The summed E-state index contributed by atoms with van der Waals surface area (Å²) in [5.74, 6) is 3.44. The molecular weight excluding hydrogens is 1270 g/mol. The Labute approximate surface area is 597 Å². The van der Waals surface area contributed by atoms with Crippen LogP contribution in [0.2, 0.25) is 0 Å². The molecule has 0 saturated heterocycles. The molecule has 0 saturated carbocycles. The maximum absolute atomic E-state index is 7.18. The summed E-state index contributed by atoms with van der Waals surface area (Å²) in [5, 5.41) is 22.6. The molecule has 104 heavy (non-hydrogen) atoms. The van der Waals surface area contributed by atoms with Crippen LogP contribution in [-0.2, 0) is 0 Å². The minimum atomic E-state index is 0.850. The topological polar surface area (TPSA) is 52.6 Å². The fraction of sp³-hybridized carbons (Fsp3) is 0. The Balaban J connectivity index is 0.000000141. The number of benzene rings is 18. The van der Waals surface area contributed by atoms with E-state index in [4.69, 9.17) is 17.7 Å². The Kier molecular flexibility index (Phi) is 13.6. The van der Waals surface area contributed by atoms with Crippen molar-refractivity contribution in [2.24, 2.45) is 0 Å². The quantitative estimate of drug-likeness (QED) is 0.142. The highest BCUT2D eigenvalue weighted by Gasteiger charge is 2.29. The van der Waals surface area contributed by atoms with E-state index in [-0.39, 0.29) is 0 Å². The standard InChI is InChI=1S/C58H36O2.C42H24O2/c1-5-17-37(18-6-1)43-29-31-51-49(35-43)53(39-21-9-3-10-22-39)57(59-51)55-45-27-15-16-28-46(45)56(48-34-42-26-14-13-25-41(42)33-47(48)55)58-54(40-23-11-4-12-24-40)50-36-44(30-32-52(50)60-58)38-19-7-2-8-20-38;1-2-12-28-22-36-35(21-27(28)11-1)39(37-23-29-19-17-25-9-3-5-13-31(25)41(29)43-37)33-15-7-8-16-34(33)40(36)38-24-30-20-18-26-10-4-6-14-32(26)42(30)44-38/h1-36H;1-24H. The number of hydrogen-bond acceptors (Lipinski definition) is 4. The van der Waals surface area contributed by atoms with E-state index < -0.39 is 0 Å². The van der Waals surface area contributed by atoms with Crippen LogP contribution < -0.4 is 0 Å². The Hall–Kier alpha value is -13.8. The molecule has 0 atom stereocenters. The summed E-state index contributed by atoms with van der Waals surface area (Å²) in [6.07, 6.45) is 0. The van der Waals surface area contributed by atoms with E-state index in [0.717, 1.165) is 187 Å². The first-order valence-corrected chi connectivity index (χ1v) is 35.5. The second kappa shape index (κ2) is 24.0. The zero-order valence-electron chi connectivity index (χ0n) is 56.3. The zero-order valence-corrected chi connectivity index (χ0v) is 56.3. The highest BCUT2D eigenvalue weighted by atomic mass is 16.3. The second-order valence-electron chi connectivity index (χ2n) is 27.2. The van der Waals surface area contributed by atoms with E-state index in [2.05, 4.69) is 364 Å². The van der Waals surface area contributed by atoms with Gasteiger partial charge in [0.2, 0.25) is 0 Å². The van der Waals surface area contributed by atoms with E-state index in [1.165, 1.54) is 32.7 Å². The van der Waals surface area contributed by atoms with Crippen LogP contribution in [0.1, 0.15) is 0 Å². The molecule has 4 aromatic heterocycles. The predicted octanol–water partition coefficient (Wildman–Crippen LogP) is 28.9. The van der Waals surface area contributed by atoms with Gasteiger partial charge in [-0.1, -0.05) is 303 Å².